The topological polar surface area (TPSA) is 68.5 Å². The highest BCUT2D eigenvalue weighted by Crippen LogP contribution is 2.23. The van der Waals surface area contributed by atoms with Crippen LogP contribution in [0.2, 0.25) is 0 Å². The van der Waals surface area contributed by atoms with Crippen LogP contribution in [0.1, 0.15) is 36.5 Å². The van der Waals surface area contributed by atoms with Gasteiger partial charge in [-0.1, -0.05) is 47.7 Å². The molecule has 0 aliphatic rings. The quantitative estimate of drug-likeness (QED) is 0.565. The second-order valence-electron chi connectivity index (χ2n) is 7.25. The molecule has 0 saturated carbocycles. The van der Waals surface area contributed by atoms with Crippen molar-refractivity contribution in [2.24, 2.45) is 4.99 Å². The van der Waals surface area contributed by atoms with Gasteiger partial charge in [0, 0.05) is 13.0 Å². The van der Waals surface area contributed by atoms with Crippen molar-refractivity contribution in [3.8, 4) is 0 Å². The maximum absolute atomic E-state index is 12.4. The second-order valence-corrected chi connectivity index (χ2v) is 10.4. The number of hydrogen-bond acceptors (Lipinski definition) is 4. The van der Waals surface area contributed by atoms with E-state index in [0.29, 0.717) is 4.80 Å². The van der Waals surface area contributed by atoms with E-state index in [2.05, 4.69) is 31.0 Å². The molecule has 1 heterocycles. The largest absolute Gasteiger partial charge is 0.317 e. The number of rotatable bonds is 7. The van der Waals surface area contributed by atoms with Crippen molar-refractivity contribution in [1.82, 2.24) is 4.57 Å². The van der Waals surface area contributed by atoms with E-state index in [-0.39, 0.29) is 30.3 Å². The fourth-order valence-electron chi connectivity index (χ4n) is 3.41. The molecule has 154 valence electrons. The third-order valence-corrected chi connectivity index (χ3v) is 7.64. The van der Waals surface area contributed by atoms with Gasteiger partial charge in [-0.2, -0.15) is 4.99 Å². The Kier molecular flexibility index (Phi) is 6.70. The summed E-state index contributed by atoms with van der Waals surface area (Å²) in [6.07, 6.45) is 0.413. The van der Waals surface area contributed by atoms with Crippen molar-refractivity contribution >= 4 is 37.3 Å². The van der Waals surface area contributed by atoms with Gasteiger partial charge in [0.15, 0.2) is 14.6 Å². The molecule has 3 rings (SSSR count). The number of aryl methyl sites for hydroxylation is 3. The monoisotopic (exact) mass is 430 g/mol. The summed E-state index contributed by atoms with van der Waals surface area (Å²) in [4.78, 5) is 17.3. The minimum Gasteiger partial charge on any atom is -0.317 e. The summed E-state index contributed by atoms with van der Waals surface area (Å²) in [5.74, 6) is -0.283. The first kappa shape index (κ1) is 21.5. The highest BCUT2D eigenvalue weighted by atomic mass is 32.2. The minimum atomic E-state index is -3.24. The van der Waals surface area contributed by atoms with Gasteiger partial charge in [-0.25, -0.2) is 8.42 Å². The normalized spacial score (nSPS) is 12.6. The third kappa shape index (κ3) is 5.42. The molecule has 1 aromatic heterocycles. The number of aromatic nitrogens is 1. The highest BCUT2D eigenvalue weighted by molar-refractivity contribution is 7.90. The van der Waals surface area contributed by atoms with E-state index in [9.17, 15) is 13.2 Å². The number of carbonyl (C=O) groups is 1. The Morgan fingerprint density at radius 2 is 1.86 bits per heavy atom. The van der Waals surface area contributed by atoms with E-state index >= 15 is 0 Å². The van der Waals surface area contributed by atoms with Crippen LogP contribution in [0.25, 0.3) is 10.2 Å². The van der Waals surface area contributed by atoms with Crippen molar-refractivity contribution in [2.75, 3.05) is 5.75 Å². The van der Waals surface area contributed by atoms with Crippen LogP contribution in [0.5, 0.6) is 0 Å². The Morgan fingerprint density at radius 3 is 2.55 bits per heavy atom. The van der Waals surface area contributed by atoms with E-state index in [1.807, 2.05) is 29.7 Å². The molecule has 29 heavy (non-hydrogen) atoms. The van der Waals surface area contributed by atoms with Crippen LogP contribution < -0.4 is 4.80 Å². The summed E-state index contributed by atoms with van der Waals surface area (Å²) < 4.78 is 27.7. The zero-order valence-corrected chi connectivity index (χ0v) is 18.6. The molecule has 0 bridgehead atoms. The Morgan fingerprint density at radius 1 is 1.14 bits per heavy atom. The number of hydrogen-bond donors (Lipinski definition) is 0. The van der Waals surface area contributed by atoms with Crippen molar-refractivity contribution in [2.45, 2.75) is 45.9 Å². The number of carbonyl (C=O) groups excluding carboxylic acids is 1. The number of sulfone groups is 1. The first-order chi connectivity index (χ1) is 13.8. The predicted octanol–water partition coefficient (Wildman–Crippen LogP) is 4.16. The molecule has 5 nitrogen and oxygen atoms in total. The van der Waals surface area contributed by atoms with Crippen LogP contribution in [0.3, 0.4) is 0 Å². The van der Waals surface area contributed by atoms with Crippen LogP contribution in [-0.4, -0.2) is 24.6 Å². The van der Waals surface area contributed by atoms with Crippen LogP contribution in [-0.2, 0) is 26.9 Å². The smallest absolute Gasteiger partial charge is 0.248 e. The highest BCUT2D eigenvalue weighted by Gasteiger charge is 2.14. The van der Waals surface area contributed by atoms with E-state index in [0.717, 1.165) is 22.3 Å². The van der Waals surface area contributed by atoms with Gasteiger partial charge in [-0.05, 0) is 49.9 Å². The summed E-state index contributed by atoms with van der Waals surface area (Å²) in [6.45, 7) is 6.88. The van der Waals surface area contributed by atoms with Crippen molar-refractivity contribution < 1.29 is 13.2 Å². The first-order valence-electron chi connectivity index (χ1n) is 9.71. The summed E-state index contributed by atoms with van der Waals surface area (Å²) in [5, 5.41) is 0. The number of benzene rings is 2. The Bertz CT molecular complexity index is 1190. The van der Waals surface area contributed by atoms with Crippen LogP contribution in [0.4, 0.5) is 0 Å². The Hall–Kier alpha value is -2.25. The average Bonchev–Trinajstić information content (AvgIpc) is 2.99. The van der Waals surface area contributed by atoms with Crippen molar-refractivity contribution in [3.63, 3.8) is 0 Å². The molecule has 0 N–H and O–H groups in total. The Labute approximate surface area is 175 Å². The minimum absolute atomic E-state index is 0.00392. The molecule has 0 radical (unpaired) electrons. The second kappa shape index (κ2) is 9.05. The molecule has 0 spiro atoms. The third-order valence-electron chi connectivity index (χ3n) is 4.73. The zero-order valence-electron chi connectivity index (χ0n) is 17.0. The maximum atomic E-state index is 12.4. The molecule has 0 fully saturated rings. The van der Waals surface area contributed by atoms with E-state index in [4.69, 9.17) is 0 Å². The van der Waals surface area contributed by atoms with Crippen LogP contribution >= 0.6 is 11.3 Å². The fraction of sp³-hybridized carbons (Fsp3) is 0.364. The van der Waals surface area contributed by atoms with Gasteiger partial charge >= 0.3 is 0 Å². The lowest BCUT2D eigenvalue weighted by Crippen LogP contribution is -2.16. The van der Waals surface area contributed by atoms with E-state index in [1.165, 1.54) is 22.5 Å². The molecule has 0 aliphatic carbocycles. The molecule has 0 aliphatic heterocycles. The summed E-state index contributed by atoms with van der Waals surface area (Å²) in [7, 11) is -3.24. The maximum Gasteiger partial charge on any atom is 0.248 e. The average molecular weight is 431 g/mol. The lowest BCUT2D eigenvalue weighted by Gasteiger charge is -2.04. The number of amides is 1. The predicted molar refractivity (Wildman–Crippen MR) is 119 cm³/mol. The number of fused-ring (bicyclic) bond motifs is 1. The summed E-state index contributed by atoms with van der Waals surface area (Å²) >= 11 is 1.51. The van der Waals surface area contributed by atoms with Gasteiger partial charge in [-0.15, -0.1) is 0 Å². The SMILES string of the molecule is CCn1c(=NC(=O)CCCS(=O)(=O)Cc2ccccc2)sc2c(C)cc(C)cc21. The fourth-order valence-corrected chi connectivity index (χ4v) is 6.00. The van der Waals surface area contributed by atoms with Gasteiger partial charge < -0.3 is 4.57 Å². The number of nitrogens with zero attached hydrogens (tertiary/aromatic N) is 2. The standard InChI is InChI=1S/C22H26N2O3S2/c1-4-24-19-14-16(2)13-17(3)21(19)28-22(24)23-20(25)11-8-12-29(26,27)15-18-9-6-5-7-10-18/h5-7,9-10,13-14H,4,8,11-12,15H2,1-3H3. The molecule has 3 aromatic rings. The molecule has 0 saturated heterocycles. The number of thiazole rings is 1. The first-order valence-corrected chi connectivity index (χ1v) is 12.4. The van der Waals surface area contributed by atoms with Gasteiger partial charge in [0.25, 0.3) is 0 Å². The molecule has 7 heteroatoms. The lowest BCUT2D eigenvalue weighted by atomic mass is 10.1. The molecular formula is C22H26N2O3S2. The summed E-state index contributed by atoms with van der Waals surface area (Å²) in [5.41, 5.74) is 4.21. The van der Waals surface area contributed by atoms with Gasteiger partial charge in [0.2, 0.25) is 5.91 Å². The molecular weight excluding hydrogens is 404 g/mol. The lowest BCUT2D eigenvalue weighted by molar-refractivity contribution is -0.118. The Balaban J connectivity index is 1.70. The zero-order chi connectivity index (χ0) is 21.0. The van der Waals surface area contributed by atoms with Crippen molar-refractivity contribution in [1.29, 1.82) is 0 Å². The van der Waals surface area contributed by atoms with Gasteiger partial charge in [-0.3, -0.25) is 4.79 Å². The van der Waals surface area contributed by atoms with Gasteiger partial charge in [0.05, 0.1) is 21.7 Å². The van der Waals surface area contributed by atoms with E-state index in [1.54, 1.807) is 12.1 Å². The molecule has 0 atom stereocenters. The molecule has 0 unspecified atom stereocenters. The van der Waals surface area contributed by atoms with Crippen LogP contribution in [0.15, 0.2) is 47.5 Å². The van der Waals surface area contributed by atoms with Gasteiger partial charge in [0.1, 0.15) is 0 Å². The molecule has 1 amide bonds. The van der Waals surface area contributed by atoms with Crippen molar-refractivity contribution in [3.05, 3.63) is 64.0 Å². The van der Waals surface area contributed by atoms with Crippen LogP contribution in [0, 0.1) is 13.8 Å². The van der Waals surface area contributed by atoms with E-state index < -0.39 is 9.84 Å². The molecule has 2 aromatic carbocycles. The summed E-state index contributed by atoms with van der Waals surface area (Å²) in [6, 6.07) is 13.3.